The second kappa shape index (κ2) is 12.0. The number of hydrogen-bond donors (Lipinski definition) is 7. The molecule has 2 fully saturated rings. The first-order valence-corrected chi connectivity index (χ1v) is 15.6. The first kappa shape index (κ1) is 30.6. The summed E-state index contributed by atoms with van der Waals surface area (Å²) in [6.45, 7) is -0.692. The van der Waals surface area contributed by atoms with Crippen molar-refractivity contribution < 1.29 is 56.6 Å². The van der Waals surface area contributed by atoms with Crippen LogP contribution in [0.2, 0.25) is 0 Å². The number of aliphatic hydroxyl groups excluding tert-OH is 2. The van der Waals surface area contributed by atoms with Crippen molar-refractivity contribution in [2.75, 3.05) is 25.5 Å². The van der Waals surface area contributed by atoms with Crippen molar-refractivity contribution in [3.63, 3.8) is 0 Å². The van der Waals surface area contributed by atoms with Crippen LogP contribution in [-0.4, -0.2) is 84.6 Å². The van der Waals surface area contributed by atoms with Gasteiger partial charge in [-0.3, -0.25) is 18.4 Å². The molecule has 5 heterocycles. The van der Waals surface area contributed by atoms with Crippen LogP contribution in [0.5, 0.6) is 0 Å². The molecule has 42 heavy (non-hydrogen) atoms. The lowest BCUT2D eigenvalue weighted by molar-refractivity contribution is -0.719. The van der Waals surface area contributed by atoms with Gasteiger partial charge in [-0.1, -0.05) is 0 Å². The summed E-state index contributed by atoms with van der Waals surface area (Å²) >= 11 is 0. The van der Waals surface area contributed by atoms with E-state index in [9.17, 15) is 33.9 Å². The maximum Gasteiger partial charge on any atom is 0.481 e. The van der Waals surface area contributed by atoms with Gasteiger partial charge in [-0.25, -0.2) is 23.7 Å². The predicted molar refractivity (Wildman–Crippen MR) is 141 cm³/mol. The summed E-state index contributed by atoms with van der Waals surface area (Å²) in [5, 5.41) is 24.0. The third-order valence-electron chi connectivity index (χ3n) is 6.88. The van der Waals surface area contributed by atoms with Crippen LogP contribution in [0.3, 0.4) is 0 Å². The lowest BCUT2D eigenvalue weighted by Crippen LogP contribution is -2.41. The molecular formula is C22H30N7O11P2+. The summed E-state index contributed by atoms with van der Waals surface area (Å²) in [4.78, 5) is 39.8. The Morgan fingerprint density at radius 1 is 1.17 bits per heavy atom. The summed E-state index contributed by atoms with van der Waals surface area (Å²) in [5.74, 6) is -0.580. The SMILES string of the molecule is NC(=O)c1ccc[n+]([C@@H]2CN[C@H](COP(=O)(O)OP(=O)(O)OC[C@H]3O[C@@H](n4cnc5c(N)ccnc54)[C@H](O)[C@@H]3O)C2)c1. The normalized spacial score (nSPS) is 29.0. The molecule has 2 unspecified atom stereocenters. The van der Waals surface area contributed by atoms with Crippen molar-refractivity contribution in [3.05, 3.63) is 48.7 Å². The molecule has 5 rings (SSSR count). The Bertz CT molecular complexity index is 1560. The molecule has 3 aromatic heterocycles. The Hall–Kier alpha value is -2.86. The lowest BCUT2D eigenvalue weighted by atomic mass is 10.1. The van der Waals surface area contributed by atoms with Crippen LogP contribution in [0, 0.1) is 0 Å². The molecule has 0 aliphatic carbocycles. The topological polar surface area (TPSA) is 268 Å². The Labute approximate surface area is 238 Å². The van der Waals surface area contributed by atoms with Gasteiger partial charge in [0.25, 0.3) is 5.91 Å². The highest BCUT2D eigenvalue weighted by Crippen LogP contribution is 2.60. The molecule has 0 bridgehead atoms. The van der Waals surface area contributed by atoms with Gasteiger partial charge in [0.05, 0.1) is 31.8 Å². The first-order valence-electron chi connectivity index (χ1n) is 12.6. The number of pyridine rings is 2. The number of phosphoric ester groups is 2. The van der Waals surface area contributed by atoms with Crippen LogP contribution < -0.4 is 21.4 Å². The zero-order valence-corrected chi connectivity index (χ0v) is 23.6. The van der Waals surface area contributed by atoms with Gasteiger partial charge in [-0.05, 0) is 12.1 Å². The van der Waals surface area contributed by atoms with Crippen molar-refractivity contribution in [2.45, 2.75) is 43.0 Å². The Kier molecular flexibility index (Phi) is 8.76. The molecule has 18 nitrogen and oxygen atoms in total. The number of nitrogens with one attached hydrogen (secondary N) is 1. The van der Waals surface area contributed by atoms with Crippen LogP contribution in [0.15, 0.2) is 43.1 Å². The Morgan fingerprint density at radius 3 is 2.64 bits per heavy atom. The van der Waals surface area contributed by atoms with E-state index in [1.54, 1.807) is 29.1 Å². The molecule has 20 heteroatoms. The second-order valence-electron chi connectivity index (χ2n) is 9.78. The zero-order chi connectivity index (χ0) is 30.2. The molecule has 1 amide bonds. The van der Waals surface area contributed by atoms with E-state index in [2.05, 4.69) is 19.6 Å². The van der Waals surface area contributed by atoms with E-state index in [0.717, 1.165) is 0 Å². The molecule has 3 aromatic rings. The smallest absolute Gasteiger partial charge is 0.397 e. The molecule has 2 aliphatic rings. The number of amides is 1. The molecule has 8 atom stereocenters. The highest BCUT2D eigenvalue weighted by atomic mass is 31.3. The molecule has 0 aromatic carbocycles. The fourth-order valence-electron chi connectivity index (χ4n) is 4.78. The highest BCUT2D eigenvalue weighted by Gasteiger charge is 2.46. The summed E-state index contributed by atoms with van der Waals surface area (Å²) in [5.41, 5.74) is 12.5. The number of phosphoric acid groups is 2. The minimum Gasteiger partial charge on any atom is -0.397 e. The monoisotopic (exact) mass is 630 g/mol. The number of nitrogen functional groups attached to an aromatic ring is 1. The fraction of sp³-hybridized carbons (Fsp3) is 0.455. The molecule has 2 aliphatic heterocycles. The van der Waals surface area contributed by atoms with Crippen molar-refractivity contribution >= 4 is 38.4 Å². The van der Waals surface area contributed by atoms with Crippen LogP contribution in [0.25, 0.3) is 11.2 Å². The van der Waals surface area contributed by atoms with Gasteiger partial charge in [-0.15, -0.1) is 0 Å². The maximum atomic E-state index is 12.4. The first-order chi connectivity index (χ1) is 19.8. The summed E-state index contributed by atoms with van der Waals surface area (Å²) in [7, 11) is -10.3. The van der Waals surface area contributed by atoms with Crippen molar-refractivity contribution in [1.29, 1.82) is 0 Å². The van der Waals surface area contributed by atoms with E-state index >= 15 is 0 Å². The minimum atomic E-state index is -5.20. The number of hydrogen-bond acceptors (Lipinski definition) is 13. The summed E-state index contributed by atoms with van der Waals surface area (Å²) in [6, 6.07) is 4.24. The third-order valence-corrected chi connectivity index (χ3v) is 9.48. The number of carbonyl (C=O) groups is 1. The number of rotatable bonds is 11. The number of primary amides is 1. The Morgan fingerprint density at radius 2 is 1.90 bits per heavy atom. The number of nitrogens with zero attached hydrogens (tertiary/aromatic N) is 4. The number of aromatic nitrogens is 4. The van der Waals surface area contributed by atoms with Gasteiger partial charge in [0.15, 0.2) is 30.3 Å². The molecule has 0 radical (unpaired) electrons. The highest BCUT2D eigenvalue weighted by molar-refractivity contribution is 7.61. The van der Waals surface area contributed by atoms with E-state index < -0.39 is 58.7 Å². The molecule has 0 spiro atoms. The van der Waals surface area contributed by atoms with E-state index in [4.69, 9.17) is 25.3 Å². The van der Waals surface area contributed by atoms with Crippen molar-refractivity contribution in [2.24, 2.45) is 5.73 Å². The maximum absolute atomic E-state index is 12.4. The Balaban J connectivity index is 1.12. The van der Waals surface area contributed by atoms with Gasteiger partial charge in [0.2, 0.25) is 0 Å². The molecule has 0 saturated carbocycles. The van der Waals surface area contributed by atoms with Crippen LogP contribution >= 0.6 is 15.6 Å². The number of fused-ring (bicyclic) bond motifs is 1. The largest absolute Gasteiger partial charge is 0.481 e. The number of carbonyl (C=O) groups excluding carboxylic acids is 1. The quantitative estimate of drug-likeness (QED) is 0.0976. The third kappa shape index (κ3) is 6.69. The van der Waals surface area contributed by atoms with Crippen LogP contribution in [-0.2, 0) is 27.2 Å². The van der Waals surface area contributed by atoms with Gasteiger partial charge in [0.1, 0.15) is 29.4 Å². The number of aliphatic hydroxyl groups is 2. The number of nitrogens with two attached hydrogens (primary N) is 2. The van der Waals surface area contributed by atoms with Gasteiger partial charge < -0.3 is 41.5 Å². The predicted octanol–water partition coefficient (Wildman–Crippen LogP) is -1.13. The number of anilines is 1. The van der Waals surface area contributed by atoms with Gasteiger partial charge in [0, 0.05) is 24.7 Å². The van der Waals surface area contributed by atoms with Crippen LogP contribution in [0.4, 0.5) is 5.69 Å². The number of imidazole rings is 1. The van der Waals surface area contributed by atoms with E-state index in [0.29, 0.717) is 29.7 Å². The molecule has 2 saturated heterocycles. The average Bonchev–Trinajstić information content (AvgIpc) is 3.65. The fourth-order valence-corrected chi connectivity index (χ4v) is 6.91. The summed E-state index contributed by atoms with van der Waals surface area (Å²) in [6.07, 6.45) is 0.886. The minimum absolute atomic E-state index is 0.116. The van der Waals surface area contributed by atoms with E-state index in [1.807, 2.05) is 0 Å². The standard InChI is InChI=1S/C22H29N7O11P2/c23-15-3-4-25-21-17(15)27-11-29(21)22-19(31)18(30)16(39-22)10-38-42(35,36)40-41(33,34)37-9-13-6-14(7-26-13)28-5-1-2-12(8-28)20(24)32/h1-5,8,11,13-14,16,18-19,22,26,30-31H,6-7,9-10H2,(H5-,23,24,25,32,33,34,35,36)/p+1/t13-,14-,16+,18+,19+,22+/m0/s1. The van der Waals surface area contributed by atoms with Gasteiger partial charge >= 0.3 is 15.6 Å². The average molecular weight is 630 g/mol. The van der Waals surface area contributed by atoms with E-state index in [1.165, 1.54) is 23.2 Å². The van der Waals surface area contributed by atoms with Crippen LogP contribution in [0.1, 0.15) is 29.0 Å². The molecular weight excluding hydrogens is 600 g/mol. The van der Waals surface area contributed by atoms with Crippen molar-refractivity contribution in [1.82, 2.24) is 19.9 Å². The van der Waals surface area contributed by atoms with Gasteiger partial charge in [-0.2, -0.15) is 4.31 Å². The van der Waals surface area contributed by atoms with Crippen molar-refractivity contribution in [3.8, 4) is 0 Å². The zero-order valence-electron chi connectivity index (χ0n) is 21.8. The lowest BCUT2D eigenvalue weighted by Gasteiger charge is -2.20. The molecule has 228 valence electrons. The number of ether oxygens (including phenoxy) is 1. The second-order valence-corrected chi connectivity index (χ2v) is 12.8. The summed E-state index contributed by atoms with van der Waals surface area (Å²) < 4.78 is 47.6. The van der Waals surface area contributed by atoms with E-state index in [-0.39, 0.29) is 18.3 Å². The molecule has 9 N–H and O–H groups in total.